The maximum Gasteiger partial charge on any atom is 0.259 e. The van der Waals surface area contributed by atoms with E-state index in [1.54, 1.807) is 36.4 Å². The van der Waals surface area contributed by atoms with Crippen molar-refractivity contribution in [1.29, 1.82) is 0 Å². The van der Waals surface area contributed by atoms with Gasteiger partial charge in [0.15, 0.2) is 5.78 Å². The highest BCUT2D eigenvalue weighted by Gasteiger charge is 2.24. The molecule has 170 valence electrons. The number of nitrogens with zero attached hydrogens (tertiary/aromatic N) is 3. The number of ketones is 1. The van der Waals surface area contributed by atoms with E-state index in [1.807, 2.05) is 6.92 Å². The lowest BCUT2D eigenvalue weighted by atomic mass is 10.1. The number of carbonyl (C=O) groups excluding carboxylic acids is 2. The second-order valence-corrected chi connectivity index (χ2v) is 8.06. The van der Waals surface area contributed by atoms with Crippen molar-refractivity contribution >= 4 is 17.4 Å². The fourth-order valence-corrected chi connectivity index (χ4v) is 3.97. The minimum atomic E-state index is -0.425. The van der Waals surface area contributed by atoms with Crippen molar-refractivity contribution in [2.75, 3.05) is 18.4 Å². The van der Waals surface area contributed by atoms with Crippen molar-refractivity contribution in [3.63, 3.8) is 0 Å². The standard InChI is InChI=1S/C25H25FN4O3/c1-3-29-12-11-22-21(14-29)25(33)30(24(28-22)17-7-9-19(26)10-8-17)15-23(32)27-20-6-4-5-18(13-20)16(2)31/h4-10,13H,3,11-12,14-15H2,1-2H3,(H,27,32). The summed E-state index contributed by atoms with van der Waals surface area (Å²) in [4.78, 5) is 44.9. The fourth-order valence-electron chi connectivity index (χ4n) is 3.97. The van der Waals surface area contributed by atoms with E-state index < -0.39 is 11.7 Å². The van der Waals surface area contributed by atoms with Crippen molar-refractivity contribution in [3.05, 3.63) is 81.5 Å². The quantitative estimate of drug-likeness (QED) is 0.585. The third-order valence-electron chi connectivity index (χ3n) is 5.80. The summed E-state index contributed by atoms with van der Waals surface area (Å²) in [7, 11) is 0. The second kappa shape index (κ2) is 9.46. The van der Waals surface area contributed by atoms with Gasteiger partial charge in [-0.15, -0.1) is 0 Å². The normalized spacial score (nSPS) is 13.4. The number of halogens is 1. The Kier molecular flexibility index (Phi) is 6.46. The van der Waals surface area contributed by atoms with E-state index in [4.69, 9.17) is 4.98 Å². The molecule has 0 saturated carbocycles. The Morgan fingerprint density at radius 1 is 1.15 bits per heavy atom. The molecule has 0 bridgehead atoms. The molecule has 4 rings (SSSR count). The summed E-state index contributed by atoms with van der Waals surface area (Å²) in [6, 6.07) is 12.3. The van der Waals surface area contributed by atoms with Gasteiger partial charge in [-0.25, -0.2) is 9.37 Å². The average molecular weight is 448 g/mol. The van der Waals surface area contributed by atoms with E-state index in [0.717, 1.165) is 18.8 Å². The zero-order chi connectivity index (χ0) is 23.5. The van der Waals surface area contributed by atoms with Crippen LogP contribution in [0.25, 0.3) is 11.4 Å². The third-order valence-corrected chi connectivity index (χ3v) is 5.80. The predicted octanol–water partition coefficient (Wildman–Crippen LogP) is 3.27. The van der Waals surface area contributed by atoms with E-state index in [2.05, 4.69) is 10.2 Å². The highest BCUT2D eigenvalue weighted by atomic mass is 19.1. The van der Waals surface area contributed by atoms with Crippen LogP contribution in [0.4, 0.5) is 10.1 Å². The molecule has 1 amide bonds. The van der Waals surface area contributed by atoms with Gasteiger partial charge in [0.05, 0.1) is 11.3 Å². The highest BCUT2D eigenvalue weighted by molar-refractivity contribution is 5.97. The minimum Gasteiger partial charge on any atom is -0.325 e. The first-order valence-electron chi connectivity index (χ1n) is 10.9. The lowest BCUT2D eigenvalue weighted by Gasteiger charge is -2.27. The molecule has 0 saturated heterocycles. The second-order valence-electron chi connectivity index (χ2n) is 8.06. The zero-order valence-corrected chi connectivity index (χ0v) is 18.6. The van der Waals surface area contributed by atoms with Gasteiger partial charge in [-0.1, -0.05) is 19.1 Å². The van der Waals surface area contributed by atoms with Gasteiger partial charge in [0.25, 0.3) is 5.56 Å². The van der Waals surface area contributed by atoms with Gasteiger partial charge >= 0.3 is 0 Å². The van der Waals surface area contributed by atoms with E-state index in [0.29, 0.717) is 41.2 Å². The van der Waals surface area contributed by atoms with Crippen LogP contribution in [0.2, 0.25) is 0 Å². The van der Waals surface area contributed by atoms with Crippen LogP contribution >= 0.6 is 0 Å². The maximum atomic E-state index is 13.5. The number of anilines is 1. The van der Waals surface area contributed by atoms with Crippen molar-refractivity contribution < 1.29 is 14.0 Å². The molecule has 7 nitrogen and oxygen atoms in total. The largest absolute Gasteiger partial charge is 0.325 e. The number of aromatic nitrogens is 2. The van der Waals surface area contributed by atoms with Crippen LogP contribution in [-0.2, 0) is 24.3 Å². The molecule has 2 aromatic carbocycles. The fraction of sp³-hybridized carbons (Fsp3) is 0.280. The number of hydrogen-bond acceptors (Lipinski definition) is 5. The van der Waals surface area contributed by atoms with Gasteiger partial charge in [-0.05, 0) is 49.9 Å². The van der Waals surface area contributed by atoms with Crippen molar-refractivity contribution in [2.24, 2.45) is 0 Å². The number of fused-ring (bicyclic) bond motifs is 1. The Bertz CT molecular complexity index is 1270. The molecule has 1 aliphatic rings. The van der Waals surface area contributed by atoms with Gasteiger partial charge in [-0.2, -0.15) is 0 Å². The number of nitrogens with one attached hydrogen (secondary N) is 1. The van der Waals surface area contributed by atoms with Crippen LogP contribution in [0, 0.1) is 5.82 Å². The van der Waals surface area contributed by atoms with E-state index in [1.165, 1.54) is 23.6 Å². The Morgan fingerprint density at radius 2 is 1.91 bits per heavy atom. The maximum absolute atomic E-state index is 13.5. The van der Waals surface area contributed by atoms with E-state index in [-0.39, 0.29) is 17.9 Å². The Morgan fingerprint density at radius 3 is 2.61 bits per heavy atom. The van der Waals surface area contributed by atoms with Crippen LogP contribution in [0.1, 0.15) is 35.5 Å². The number of benzene rings is 2. The molecule has 1 N–H and O–H groups in total. The van der Waals surface area contributed by atoms with Crippen LogP contribution in [0.5, 0.6) is 0 Å². The summed E-state index contributed by atoms with van der Waals surface area (Å²) in [5.74, 6) is -0.602. The molecule has 0 aliphatic carbocycles. The molecule has 2 heterocycles. The summed E-state index contributed by atoms with van der Waals surface area (Å²) >= 11 is 0. The van der Waals surface area contributed by atoms with Gasteiger partial charge in [0.2, 0.25) is 5.91 Å². The molecule has 33 heavy (non-hydrogen) atoms. The van der Waals surface area contributed by atoms with Crippen LogP contribution in [0.15, 0.2) is 53.3 Å². The summed E-state index contributed by atoms with van der Waals surface area (Å²) in [6.45, 7) is 5.31. The lowest BCUT2D eigenvalue weighted by molar-refractivity contribution is -0.116. The van der Waals surface area contributed by atoms with Gasteiger partial charge in [0.1, 0.15) is 18.2 Å². The first-order valence-corrected chi connectivity index (χ1v) is 10.9. The Balaban J connectivity index is 1.71. The van der Waals surface area contributed by atoms with Crippen LogP contribution in [-0.4, -0.2) is 39.2 Å². The van der Waals surface area contributed by atoms with E-state index in [9.17, 15) is 18.8 Å². The number of rotatable bonds is 6. The molecule has 0 spiro atoms. The van der Waals surface area contributed by atoms with Crippen molar-refractivity contribution in [1.82, 2.24) is 14.5 Å². The first kappa shape index (κ1) is 22.5. The highest BCUT2D eigenvalue weighted by Crippen LogP contribution is 2.21. The Hall–Kier alpha value is -3.65. The number of Topliss-reactive ketones (excluding diaryl/α,β-unsaturated/α-hetero) is 1. The summed E-state index contributed by atoms with van der Waals surface area (Å²) in [6.07, 6.45) is 0.636. The van der Waals surface area contributed by atoms with Crippen molar-refractivity contribution in [3.8, 4) is 11.4 Å². The molecule has 8 heteroatoms. The van der Waals surface area contributed by atoms with E-state index >= 15 is 0 Å². The van der Waals surface area contributed by atoms with Gasteiger partial charge < -0.3 is 5.32 Å². The Labute approximate surface area is 190 Å². The van der Waals surface area contributed by atoms with Crippen LogP contribution < -0.4 is 10.9 Å². The van der Waals surface area contributed by atoms with Gasteiger partial charge in [0, 0.05) is 36.3 Å². The van der Waals surface area contributed by atoms with Crippen molar-refractivity contribution in [2.45, 2.75) is 33.4 Å². The topological polar surface area (TPSA) is 84.3 Å². The predicted molar refractivity (Wildman–Crippen MR) is 124 cm³/mol. The van der Waals surface area contributed by atoms with Crippen LogP contribution in [0.3, 0.4) is 0 Å². The SMILES string of the molecule is CCN1CCc2nc(-c3ccc(F)cc3)n(CC(=O)Nc3cccc(C(C)=O)c3)c(=O)c2C1. The average Bonchev–Trinajstić information content (AvgIpc) is 2.81. The monoisotopic (exact) mass is 448 g/mol. The number of amides is 1. The summed E-state index contributed by atoms with van der Waals surface area (Å²) in [5, 5.41) is 2.75. The third kappa shape index (κ3) is 4.90. The molecule has 0 fully saturated rings. The zero-order valence-electron chi connectivity index (χ0n) is 18.6. The number of carbonyl (C=O) groups is 2. The minimum absolute atomic E-state index is 0.111. The molecular weight excluding hydrogens is 423 g/mol. The molecule has 0 radical (unpaired) electrons. The molecule has 1 aliphatic heterocycles. The molecule has 1 aromatic heterocycles. The molecule has 0 atom stereocenters. The molecule has 0 unspecified atom stereocenters. The molecule has 3 aromatic rings. The number of likely N-dealkylation sites (N-methyl/N-ethyl adjacent to an activating group) is 1. The van der Waals surface area contributed by atoms with Gasteiger partial charge in [-0.3, -0.25) is 23.9 Å². The molecular formula is C25H25FN4O3. The number of hydrogen-bond donors (Lipinski definition) is 1. The summed E-state index contributed by atoms with van der Waals surface area (Å²) < 4.78 is 14.8. The smallest absolute Gasteiger partial charge is 0.259 e. The lowest BCUT2D eigenvalue weighted by Crippen LogP contribution is -2.39. The summed E-state index contributed by atoms with van der Waals surface area (Å²) in [5.41, 5.74) is 2.53. The first-order chi connectivity index (χ1) is 15.9.